The number of likely N-dealkylation sites (N-methyl/N-ethyl adjacent to an activating group) is 1. The molecule has 364 valence electrons. The van der Waals surface area contributed by atoms with E-state index in [9.17, 15) is 19.5 Å². The van der Waals surface area contributed by atoms with Gasteiger partial charge in [-0.1, -0.05) is 201 Å². The molecule has 0 aliphatic rings. The number of nitrogens with zero attached hydrogens (tertiary/aromatic N) is 1. The van der Waals surface area contributed by atoms with Gasteiger partial charge in [-0.05, 0) is 64.2 Å². The van der Waals surface area contributed by atoms with Crippen molar-refractivity contribution in [2.45, 2.75) is 199 Å². The predicted octanol–water partition coefficient (Wildman–Crippen LogP) is 14.6. The second-order valence-electron chi connectivity index (χ2n) is 17.8. The third-order valence-corrected chi connectivity index (χ3v) is 10.9. The summed E-state index contributed by atoms with van der Waals surface area (Å²) in [5, 5.41) is 9.65. The summed E-state index contributed by atoms with van der Waals surface area (Å²) in [4.78, 5) is 37.1. The summed E-state index contributed by atoms with van der Waals surface area (Å²) in [5.74, 6) is -1.54. The van der Waals surface area contributed by atoms with Crippen molar-refractivity contribution in [1.29, 1.82) is 0 Å². The van der Waals surface area contributed by atoms with E-state index in [2.05, 4.69) is 50.3 Å². The van der Waals surface area contributed by atoms with Gasteiger partial charge >= 0.3 is 17.9 Å². The molecule has 0 amide bonds. The minimum Gasteiger partial charge on any atom is -0.477 e. The number of carboxylic acid groups (broad SMARTS) is 1. The predicted molar refractivity (Wildman–Crippen MR) is 270 cm³/mol. The Hall–Kier alpha value is -3.75. The Morgan fingerprint density at radius 1 is 0.500 bits per heavy atom. The largest absolute Gasteiger partial charge is 0.477 e. The van der Waals surface area contributed by atoms with Crippen LogP contribution in [-0.4, -0.2) is 80.6 Å². The van der Waals surface area contributed by atoms with E-state index in [-0.39, 0.29) is 42.7 Å². The molecular weight excluding hydrogens is 799 g/mol. The van der Waals surface area contributed by atoms with Crippen molar-refractivity contribution in [2.24, 2.45) is 0 Å². The number of allylic oxidation sites excluding steroid dienone is 16. The lowest BCUT2D eigenvalue weighted by Crippen LogP contribution is -2.50. The second kappa shape index (κ2) is 45.8. The lowest BCUT2D eigenvalue weighted by atomic mass is 10.1. The van der Waals surface area contributed by atoms with Crippen LogP contribution in [0.15, 0.2) is 97.2 Å². The van der Waals surface area contributed by atoms with Crippen molar-refractivity contribution in [3.8, 4) is 0 Å². The van der Waals surface area contributed by atoms with Gasteiger partial charge in [0.2, 0.25) is 0 Å². The highest BCUT2D eigenvalue weighted by atomic mass is 16.6. The van der Waals surface area contributed by atoms with Gasteiger partial charge in [0.25, 0.3) is 0 Å². The lowest BCUT2D eigenvalue weighted by molar-refractivity contribution is -0.887. The fourth-order valence-corrected chi connectivity index (χ4v) is 6.98. The molecule has 2 atom stereocenters. The molecule has 0 aromatic carbocycles. The molecule has 2 unspecified atom stereocenters. The van der Waals surface area contributed by atoms with Gasteiger partial charge in [-0.3, -0.25) is 9.59 Å². The molecule has 0 bridgehead atoms. The van der Waals surface area contributed by atoms with Crippen LogP contribution in [0.3, 0.4) is 0 Å². The van der Waals surface area contributed by atoms with Gasteiger partial charge in [0.05, 0.1) is 34.4 Å². The third-order valence-electron chi connectivity index (χ3n) is 10.9. The number of ether oxygens (including phenoxy) is 3. The van der Waals surface area contributed by atoms with Crippen LogP contribution in [-0.2, 0) is 28.6 Å². The Morgan fingerprint density at radius 2 is 0.938 bits per heavy atom. The Labute approximate surface area is 392 Å². The fraction of sp³-hybridized carbons (Fsp3) is 0.661. The molecule has 0 aromatic rings. The quantitative estimate of drug-likeness (QED) is 0.0214. The summed E-state index contributed by atoms with van der Waals surface area (Å²) in [6, 6.07) is -0.631. The van der Waals surface area contributed by atoms with Crippen molar-refractivity contribution in [2.75, 3.05) is 41.0 Å². The van der Waals surface area contributed by atoms with E-state index in [0.717, 1.165) is 57.8 Å². The Balaban J connectivity index is 4.34. The van der Waals surface area contributed by atoms with Crippen LogP contribution in [0.2, 0.25) is 0 Å². The topological polar surface area (TPSA) is 99.1 Å². The van der Waals surface area contributed by atoms with Crippen molar-refractivity contribution in [3.05, 3.63) is 97.2 Å². The zero-order chi connectivity index (χ0) is 47.0. The van der Waals surface area contributed by atoms with Gasteiger partial charge in [-0.25, -0.2) is 4.79 Å². The van der Waals surface area contributed by atoms with Crippen LogP contribution in [0.4, 0.5) is 0 Å². The summed E-state index contributed by atoms with van der Waals surface area (Å²) in [6.07, 6.45) is 61.8. The van der Waals surface area contributed by atoms with E-state index in [1.807, 2.05) is 81.9 Å². The van der Waals surface area contributed by atoms with Crippen LogP contribution >= 0.6 is 0 Å². The first-order valence-corrected chi connectivity index (χ1v) is 25.4. The Kier molecular flexibility index (Phi) is 43.1. The SMILES string of the molecule is CC/C=C/C=C/C=C/C=C/C=C/C=C/CCCCCC(=O)OC(COCCC(C(=O)O)[N+](C)(C)C)COC(=O)CCCCCCCCC/C=C/C/C=C/CCCCCCCCCCC. The average molecular weight is 893 g/mol. The average Bonchev–Trinajstić information content (AvgIpc) is 3.26. The van der Waals surface area contributed by atoms with Gasteiger partial charge < -0.3 is 23.8 Å². The number of esters is 2. The highest BCUT2D eigenvalue weighted by molar-refractivity contribution is 5.72. The van der Waals surface area contributed by atoms with Gasteiger partial charge in [0.1, 0.15) is 6.61 Å². The number of aliphatic carboxylic acids is 1. The van der Waals surface area contributed by atoms with E-state index < -0.39 is 18.1 Å². The Bertz CT molecular complexity index is 1360. The van der Waals surface area contributed by atoms with Crippen molar-refractivity contribution in [1.82, 2.24) is 0 Å². The van der Waals surface area contributed by atoms with E-state index in [1.54, 1.807) is 0 Å². The molecule has 0 heterocycles. The molecule has 1 N–H and O–H groups in total. The van der Waals surface area contributed by atoms with Crippen LogP contribution in [0.1, 0.15) is 187 Å². The molecule has 0 saturated heterocycles. The first kappa shape index (κ1) is 60.2. The first-order valence-electron chi connectivity index (χ1n) is 25.4. The standard InChI is InChI=1S/C56H93NO7/c1-6-8-10-12-14-16-18-20-22-24-25-26-27-28-29-31-32-34-36-38-40-42-44-46-54(58)63-51-52(50-62-49-48-53(56(60)61)57(3,4)5)64-55(59)47-45-43-41-39-37-35-33-30-23-21-19-17-15-13-11-9-7-2/h9,11,13,15,17,19,21,23,25-26,28-30,33,35,37,52-53H,6-8,10,12,14,16,18,20,22,24,27,31-32,34,36,38-51H2,1-5H3/p+1/b11-9+,15-13+,19-17+,23-21+,26-25+,29-28+,33-30+,37-35+. The molecule has 0 rings (SSSR count). The summed E-state index contributed by atoms with van der Waals surface area (Å²) in [7, 11) is 5.50. The minimum atomic E-state index is -0.888. The normalized spacial score (nSPS) is 13.7. The summed E-state index contributed by atoms with van der Waals surface area (Å²) < 4.78 is 17.3. The second-order valence-corrected chi connectivity index (χ2v) is 17.8. The van der Waals surface area contributed by atoms with E-state index in [4.69, 9.17) is 14.2 Å². The number of carboxylic acids is 1. The zero-order valence-corrected chi connectivity index (χ0v) is 41.4. The molecule has 0 fully saturated rings. The molecule has 0 saturated carbocycles. The number of unbranched alkanes of at least 4 members (excludes halogenated alkanes) is 19. The van der Waals surface area contributed by atoms with Crippen molar-refractivity contribution in [3.63, 3.8) is 0 Å². The van der Waals surface area contributed by atoms with E-state index in [0.29, 0.717) is 19.3 Å². The van der Waals surface area contributed by atoms with E-state index in [1.165, 1.54) is 89.9 Å². The fourth-order valence-electron chi connectivity index (χ4n) is 6.98. The molecule has 8 nitrogen and oxygen atoms in total. The number of carbonyl (C=O) groups is 3. The van der Waals surface area contributed by atoms with Crippen LogP contribution < -0.4 is 0 Å². The molecule has 0 radical (unpaired) electrons. The monoisotopic (exact) mass is 893 g/mol. The third kappa shape index (κ3) is 43.5. The smallest absolute Gasteiger partial charge is 0.362 e. The molecule has 8 heteroatoms. The molecular formula is C56H94NO7+. The van der Waals surface area contributed by atoms with Gasteiger partial charge in [-0.15, -0.1) is 0 Å². The van der Waals surface area contributed by atoms with Crippen LogP contribution in [0.25, 0.3) is 0 Å². The molecule has 0 aromatic heterocycles. The van der Waals surface area contributed by atoms with Gasteiger partial charge in [-0.2, -0.15) is 0 Å². The number of hydrogen-bond acceptors (Lipinski definition) is 6. The summed E-state index contributed by atoms with van der Waals surface area (Å²) >= 11 is 0. The molecule has 0 spiro atoms. The summed E-state index contributed by atoms with van der Waals surface area (Å²) in [5.41, 5.74) is 0. The highest BCUT2D eigenvalue weighted by Crippen LogP contribution is 2.14. The lowest BCUT2D eigenvalue weighted by Gasteiger charge is -2.31. The van der Waals surface area contributed by atoms with Crippen LogP contribution in [0, 0.1) is 0 Å². The maximum absolute atomic E-state index is 12.8. The van der Waals surface area contributed by atoms with E-state index >= 15 is 0 Å². The first-order chi connectivity index (χ1) is 31.1. The molecule has 0 aliphatic carbocycles. The van der Waals surface area contributed by atoms with Crippen molar-refractivity contribution < 1.29 is 38.2 Å². The van der Waals surface area contributed by atoms with Crippen LogP contribution in [0.5, 0.6) is 0 Å². The molecule has 0 aliphatic heterocycles. The van der Waals surface area contributed by atoms with Gasteiger partial charge in [0.15, 0.2) is 12.1 Å². The van der Waals surface area contributed by atoms with Gasteiger partial charge in [0, 0.05) is 19.3 Å². The maximum Gasteiger partial charge on any atom is 0.362 e. The maximum atomic E-state index is 12.8. The minimum absolute atomic E-state index is 0.0340. The number of quaternary nitrogens is 1. The Morgan fingerprint density at radius 3 is 1.44 bits per heavy atom. The molecule has 64 heavy (non-hydrogen) atoms. The number of hydrogen-bond donors (Lipinski definition) is 1. The number of rotatable bonds is 44. The number of carbonyl (C=O) groups excluding carboxylic acids is 2. The highest BCUT2D eigenvalue weighted by Gasteiger charge is 2.31. The van der Waals surface area contributed by atoms with Crippen molar-refractivity contribution >= 4 is 17.9 Å². The summed E-state index contributed by atoms with van der Waals surface area (Å²) in [6.45, 7) is 4.53. The zero-order valence-electron chi connectivity index (χ0n) is 41.4.